The zero-order valence-corrected chi connectivity index (χ0v) is 13.1. The third-order valence-corrected chi connectivity index (χ3v) is 4.16. The minimum Gasteiger partial charge on any atom is -0.373 e. The van der Waals surface area contributed by atoms with Gasteiger partial charge in [-0.2, -0.15) is 0 Å². The van der Waals surface area contributed by atoms with E-state index in [1.165, 1.54) is 12.1 Å². The minimum absolute atomic E-state index is 0.0170. The van der Waals surface area contributed by atoms with Crippen LogP contribution in [-0.4, -0.2) is 43.4 Å². The molecule has 1 aliphatic rings. The Balaban J connectivity index is 1.85. The molecule has 7 heteroatoms. The van der Waals surface area contributed by atoms with Crippen molar-refractivity contribution >= 4 is 29.1 Å². The molecule has 2 amide bonds. The molecule has 1 saturated heterocycles. The summed E-state index contributed by atoms with van der Waals surface area (Å²) in [6, 6.07) is 4.36. The molecule has 0 aliphatic carbocycles. The molecule has 0 spiro atoms. The molecule has 0 saturated carbocycles. The fraction of sp³-hybridized carbons (Fsp3) is 0.467. The van der Waals surface area contributed by atoms with Gasteiger partial charge in [0.2, 0.25) is 11.8 Å². The number of carbonyl (C=O) groups excluding carboxylic acids is 2. The molecule has 0 aromatic heterocycles. The van der Waals surface area contributed by atoms with E-state index in [9.17, 15) is 14.0 Å². The monoisotopic (exact) mass is 327 g/mol. The van der Waals surface area contributed by atoms with Gasteiger partial charge in [0.1, 0.15) is 5.82 Å². The molecule has 2 N–H and O–H groups in total. The van der Waals surface area contributed by atoms with E-state index in [4.69, 9.17) is 11.6 Å². The van der Waals surface area contributed by atoms with Gasteiger partial charge in [-0.05, 0) is 25.0 Å². The van der Waals surface area contributed by atoms with Crippen molar-refractivity contribution in [1.82, 2.24) is 10.2 Å². The molecule has 1 aromatic carbocycles. The molecule has 0 unspecified atom stereocenters. The molecule has 1 heterocycles. The largest absolute Gasteiger partial charge is 0.373 e. The van der Waals surface area contributed by atoms with Crippen LogP contribution in [0.15, 0.2) is 18.2 Å². The van der Waals surface area contributed by atoms with Crippen LogP contribution >= 0.6 is 11.6 Å². The Morgan fingerprint density at radius 2 is 2.05 bits per heavy atom. The maximum atomic E-state index is 13.6. The Bertz CT molecular complexity index is 539. The summed E-state index contributed by atoms with van der Waals surface area (Å²) >= 11 is 5.90. The molecule has 1 fully saturated rings. The topological polar surface area (TPSA) is 61.4 Å². The van der Waals surface area contributed by atoms with Crippen molar-refractivity contribution in [3.63, 3.8) is 0 Å². The fourth-order valence-electron chi connectivity index (χ4n) is 2.54. The van der Waals surface area contributed by atoms with Crippen molar-refractivity contribution in [3.05, 3.63) is 29.0 Å². The van der Waals surface area contributed by atoms with E-state index >= 15 is 0 Å². The lowest BCUT2D eigenvalue weighted by Gasteiger charge is -2.31. The molecule has 0 radical (unpaired) electrons. The molecule has 1 aromatic rings. The second-order valence-electron chi connectivity index (χ2n) is 5.22. The summed E-state index contributed by atoms with van der Waals surface area (Å²) in [5, 5.41) is 5.61. The second kappa shape index (κ2) is 7.45. The van der Waals surface area contributed by atoms with Gasteiger partial charge in [-0.1, -0.05) is 17.7 Å². The number of para-hydroxylation sites is 1. The van der Waals surface area contributed by atoms with Crippen molar-refractivity contribution in [2.75, 3.05) is 32.0 Å². The van der Waals surface area contributed by atoms with Crippen LogP contribution in [0, 0.1) is 11.7 Å². The third-order valence-electron chi connectivity index (χ3n) is 3.84. The van der Waals surface area contributed by atoms with Crippen LogP contribution in [0.3, 0.4) is 0 Å². The number of benzene rings is 1. The Morgan fingerprint density at radius 1 is 1.36 bits per heavy atom. The van der Waals surface area contributed by atoms with Crippen LogP contribution in [0.5, 0.6) is 0 Å². The summed E-state index contributed by atoms with van der Waals surface area (Å²) in [5.41, 5.74) is 0.137. The van der Waals surface area contributed by atoms with Gasteiger partial charge in [0, 0.05) is 26.1 Å². The van der Waals surface area contributed by atoms with Crippen LogP contribution in [0.2, 0.25) is 5.02 Å². The van der Waals surface area contributed by atoms with Gasteiger partial charge < -0.3 is 15.5 Å². The smallest absolute Gasteiger partial charge is 0.241 e. The summed E-state index contributed by atoms with van der Waals surface area (Å²) in [4.78, 5) is 25.4. The number of carbonyl (C=O) groups is 2. The number of nitrogens with one attached hydrogen (secondary N) is 2. The first-order chi connectivity index (χ1) is 10.5. The number of halogens is 2. The lowest BCUT2D eigenvalue weighted by Crippen LogP contribution is -2.44. The maximum Gasteiger partial charge on any atom is 0.241 e. The summed E-state index contributed by atoms with van der Waals surface area (Å²) in [7, 11) is 1.61. The number of amides is 2. The van der Waals surface area contributed by atoms with Crippen LogP contribution in [-0.2, 0) is 9.59 Å². The van der Waals surface area contributed by atoms with Gasteiger partial charge in [-0.25, -0.2) is 4.39 Å². The predicted molar refractivity (Wildman–Crippen MR) is 83.3 cm³/mol. The van der Waals surface area contributed by atoms with Crippen molar-refractivity contribution < 1.29 is 14.0 Å². The van der Waals surface area contributed by atoms with E-state index in [2.05, 4.69) is 10.6 Å². The Morgan fingerprint density at radius 3 is 2.64 bits per heavy atom. The predicted octanol–water partition coefficient (Wildman–Crippen LogP) is 1.88. The lowest BCUT2D eigenvalue weighted by molar-refractivity contribution is -0.134. The van der Waals surface area contributed by atoms with Crippen molar-refractivity contribution in [2.45, 2.75) is 12.8 Å². The first kappa shape index (κ1) is 16.5. The Hall–Kier alpha value is -1.82. The Kier molecular flexibility index (Phi) is 5.60. The van der Waals surface area contributed by atoms with Gasteiger partial charge >= 0.3 is 0 Å². The van der Waals surface area contributed by atoms with Crippen molar-refractivity contribution in [3.8, 4) is 0 Å². The number of hydrogen-bond acceptors (Lipinski definition) is 3. The van der Waals surface area contributed by atoms with Gasteiger partial charge in [0.05, 0.1) is 17.3 Å². The molecule has 120 valence electrons. The number of piperidine rings is 1. The highest BCUT2D eigenvalue weighted by Gasteiger charge is 2.26. The van der Waals surface area contributed by atoms with E-state index in [1.54, 1.807) is 18.0 Å². The zero-order chi connectivity index (χ0) is 16.1. The number of likely N-dealkylation sites (tertiary alicyclic amines) is 1. The molecular weight excluding hydrogens is 309 g/mol. The molecule has 5 nitrogen and oxygen atoms in total. The number of rotatable bonds is 4. The second-order valence-corrected chi connectivity index (χ2v) is 5.63. The van der Waals surface area contributed by atoms with Crippen molar-refractivity contribution in [2.24, 2.45) is 5.92 Å². The fourth-order valence-corrected chi connectivity index (χ4v) is 2.77. The third kappa shape index (κ3) is 3.88. The first-order valence-corrected chi connectivity index (χ1v) is 7.58. The van der Waals surface area contributed by atoms with E-state index in [-0.39, 0.29) is 35.0 Å². The number of nitrogens with zero attached hydrogens (tertiary/aromatic N) is 1. The number of hydrogen-bond donors (Lipinski definition) is 2. The Labute approximate surface area is 133 Å². The van der Waals surface area contributed by atoms with E-state index in [0.717, 1.165) is 0 Å². The van der Waals surface area contributed by atoms with E-state index < -0.39 is 5.82 Å². The highest BCUT2D eigenvalue weighted by Crippen LogP contribution is 2.24. The molecule has 2 rings (SSSR count). The van der Waals surface area contributed by atoms with Crippen LogP contribution in [0.25, 0.3) is 0 Å². The first-order valence-electron chi connectivity index (χ1n) is 7.20. The van der Waals surface area contributed by atoms with Gasteiger partial charge in [0.15, 0.2) is 0 Å². The SMILES string of the molecule is CNC(=O)C1CCN(C(=O)CNc2c(F)cccc2Cl)CC1. The van der Waals surface area contributed by atoms with E-state index in [1.807, 2.05) is 0 Å². The van der Waals surface area contributed by atoms with Gasteiger partial charge in [-0.3, -0.25) is 9.59 Å². The van der Waals surface area contributed by atoms with E-state index in [0.29, 0.717) is 25.9 Å². The van der Waals surface area contributed by atoms with Crippen LogP contribution in [0.4, 0.5) is 10.1 Å². The summed E-state index contributed by atoms with van der Waals surface area (Å²) in [5.74, 6) is -0.639. The van der Waals surface area contributed by atoms with Gasteiger partial charge in [0.25, 0.3) is 0 Å². The quantitative estimate of drug-likeness (QED) is 0.887. The maximum absolute atomic E-state index is 13.6. The molecular formula is C15H19ClFN3O2. The average Bonchev–Trinajstić information content (AvgIpc) is 2.53. The standard InChI is InChI=1S/C15H19ClFN3O2/c1-18-15(22)10-5-7-20(8-6-10)13(21)9-19-14-11(16)3-2-4-12(14)17/h2-4,10,19H,5-9H2,1H3,(H,18,22). The molecule has 0 atom stereocenters. The summed E-state index contributed by atoms with van der Waals surface area (Å²) in [6.45, 7) is 1.04. The normalized spacial score (nSPS) is 15.5. The lowest BCUT2D eigenvalue weighted by atomic mass is 9.96. The molecule has 1 aliphatic heterocycles. The summed E-state index contributed by atoms with van der Waals surface area (Å²) in [6.07, 6.45) is 1.29. The van der Waals surface area contributed by atoms with Crippen LogP contribution in [0.1, 0.15) is 12.8 Å². The highest BCUT2D eigenvalue weighted by molar-refractivity contribution is 6.33. The minimum atomic E-state index is -0.487. The molecule has 22 heavy (non-hydrogen) atoms. The highest BCUT2D eigenvalue weighted by atomic mass is 35.5. The average molecular weight is 328 g/mol. The summed E-state index contributed by atoms with van der Waals surface area (Å²) < 4.78 is 13.6. The van der Waals surface area contributed by atoms with Crippen molar-refractivity contribution in [1.29, 1.82) is 0 Å². The zero-order valence-electron chi connectivity index (χ0n) is 12.4. The van der Waals surface area contributed by atoms with Gasteiger partial charge in [-0.15, -0.1) is 0 Å². The van der Waals surface area contributed by atoms with Crippen LogP contribution < -0.4 is 10.6 Å². The molecule has 0 bridgehead atoms. The number of anilines is 1.